The van der Waals surface area contributed by atoms with E-state index in [2.05, 4.69) is 15.3 Å². The largest absolute Gasteiger partial charge is 0.472 e. The molecule has 22 heavy (non-hydrogen) atoms. The average molecular weight is 302 g/mol. The fourth-order valence-corrected chi connectivity index (χ4v) is 1.65. The van der Waals surface area contributed by atoms with Gasteiger partial charge in [-0.3, -0.25) is 0 Å². The SMILES string of the molecule is NC(=NOCc1nc(-c2ccoc2)no1)c1ccc(F)cc1. The van der Waals surface area contributed by atoms with Gasteiger partial charge in [-0.15, -0.1) is 0 Å². The fraction of sp³-hybridized carbons (Fsp3) is 0.0714. The summed E-state index contributed by atoms with van der Waals surface area (Å²) in [7, 11) is 0. The van der Waals surface area contributed by atoms with Gasteiger partial charge in [0.2, 0.25) is 5.82 Å². The third-order valence-electron chi connectivity index (χ3n) is 2.74. The third kappa shape index (κ3) is 3.11. The highest BCUT2D eigenvalue weighted by atomic mass is 19.1. The standard InChI is InChI=1S/C14H11FN4O3/c15-11-3-1-9(2-4-11)13(16)18-21-8-12-17-14(19-22-12)10-5-6-20-7-10/h1-7H,8H2,(H2,16,18). The van der Waals surface area contributed by atoms with Crippen LogP contribution < -0.4 is 5.73 Å². The first-order chi connectivity index (χ1) is 10.7. The van der Waals surface area contributed by atoms with Crippen LogP contribution >= 0.6 is 0 Å². The molecule has 2 heterocycles. The van der Waals surface area contributed by atoms with E-state index in [9.17, 15) is 4.39 Å². The highest BCUT2D eigenvalue weighted by molar-refractivity contribution is 5.96. The summed E-state index contributed by atoms with van der Waals surface area (Å²) in [5, 5.41) is 7.49. The summed E-state index contributed by atoms with van der Waals surface area (Å²) in [6.07, 6.45) is 3.01. The van der Waals surface area contributed by atoms with E-state index in [0.717, 1.165) is 0 Å². The van der Waals surface area contributed by atoms with Gasteiger partial charge in [0.05, 0.1) is 11.8 Å². The minimum Gasteiger partial charge on any atom is -0.472 e. The number of oxime groups is 1. The van der Waals surface area contributed by atoms with Crippen LogP contribution in [0.15, 0.2) is 57.0 Å². The van der Waals surface area contributed by atoms with Gasteiger partial charge in [-0.05, 0) is 30.3 Å². The molecular formula is C14H11FN4O3. The number of nitrogens with two attached hydrogens (primary N) is 1. The zero-order valence-corrected chi connectivity index (χ0v) is 11.3. The lowest BCUT2D eigenvalue weighted by Crippen LogP contribution is -2.13. The number of halogens is 1. The molecule has 2 aromatic heterocycles. The fourth-order valence-electron chi connectivity index (χ4n) is 1.65. The van der Waals surface area contributed by atoms with Crippen molar-refractivity contribution in [2.75, 3.05) is 0 Å². The lowest BCUT2D eigenvalue weighted by molar-refractivity contribution is 0.105. The summed E-state index contributed by atoms with van der Waals surface area (Å²) in [4.78, 5) is 9.16. The molecule has 0 unspecified atom stereocenters. The normalized spacial score (nSPS) is 11.6. The number of nitrogens with zero attached hydrogens (tertiary/aromatic N) is 3. The second kappa shape index (κ2) is 6.08. The Hall–Kier alpha value is -3.16. The summed E-state index contributed by atoms with van der Waals surface area (Å²) in [6.45, 7) is -0.0350. The molecule has 0 amide bonds. The van der Waals surface area contributed by atoms with Gasteiger partial charge in [-0.25, -0.2) is 4.39 Å². The molecule has 0 saturated heterocycles. The summed E-state index contributed by atoms with van der Waals surface area (Å²) < 4.78 is 22.7. The van der Waals surface area contributed by atoms with Crippen LogP contribution in [-0.2, 0) is 11.4 Å². The number of rotatable bonds is 5. The smallest absolute Gasteiger partial charge is 0.267 e. The van der Waals surface area contributed by atoms with Crippen LogP contribution in [0.4, 0.5) is 4.39 Å². The highest BCUT2D eigenvalue weighted by Crippen LogP contribution is 2.16. The van der Waals surface area contributed by atoms with Crippen molar-refractivity contribution in [3.8, 4) is 11.4 Å². The molecule has 7 nitrogen and oxygen atoms in total. The third-order valence-corrected chi connectivity index (χ3v) is 2.74. The minimum atomic E-state index is -0.352. The van der Waals surface area contributed by atoms with E-state index in [1.165, 1.54) is 36.8 Å². The topological polar surface area (TPSA) is 99.7 Å². The molecule has 0 aliphatic rings. The number of aromatic nitrogens is 2. The van der Waals surface area contributed by atoms with Crippen LogP contribution in [-0.4, -0.2) is 16.0 Å². The van der Waals surface area contributed by atoms with E-state index < -0.39 is 0 Å². The molecule has 0 bridgehead atoms. The number of benzene rings is 1. The number of amidine groups is 1. The molecule has 0 saturated carbocycles. The first-order valence-electron chi connectivity index (χ1n) is 6.29. The summed E-state index contributed by atoms with van der Waals surface area (Å²) in [5.41, 5.74) is 6.96. The molecular weight excluding hydrogens is 291 g/mol. The molecule has 8 heteroatoms. The monoisotopic (exact) mass is 302 g/mol. The van der Waals surface area contributed by atoms with E-state index in [1.54, 1.807) is 6.07 Å². The van der Waals surface area contributed by atoms with Gasteiger partial charge in [-0.2, -0.15) is 4.98 Å². The van der Waals surface area contributed by atoms with Gasteiger partial charge in [0.25, 0.3) is 5.89 Å². The van der Waals surface area contributed by atoms with E-state index in [-0.39, 0.29) is 24.2 Å². The van der Waals surface area contributed by atoms with E-state index in [0.29, 0.717) is 17.0 Å². The molecule has 0 fully saturated rings. The van der Waals surface area contributed by atoms with Crippen molar-refractivity contribution in [3.63, 3.8) is 0 Å². The van der Waals surface area contributed by atoms with Gasteiger partial charge in [0.15, 0.2) is 12.4 Å². The van der Waals surface area contributed by atoms with Crippen LogP contribution in [0.2, 0.25) is 0 Å². The Morgan fingerprint density at radius 3 is 2.82 bits per heavy atom. The maximum absolute atomic E-state index is 12.8. The van der Waals surface area contributed by atoms with Gasteiger partial charge in [0, 0.05) is 5.56 Å². The van der Waals surface area contributed by atoms with Gasteiger partial charge in [0.1, 0.15) is 12.1 Å². The Labute approximate surface area is 124 Å². The summed E-state index contributed by atoms with van der Waals surface area (Å²) in [5.74, 6) is 0.402. The molecule has 0 aliphatic carbocycles. The van der Waals surface area contributed by atoms with E-state index >= 15 is 0 Å². The molecule has 112 valence electrons. The van der Waals surface area contributed by atoms with Crippen LogP contribution in [0, 0.1) is 5.82 Å². The van der Waals surface area contributed by atoms with Crippen LogP contribution in [0.5, 0.6) is 0 Å². The van der Waals surface area contributed by atoms with Crippen molar-refractivity contribution in [1.29, 1.82) is 0 Å². The molecule has 1 aromatic carbocycles. The molecule has 0 radical (unpaired) electrons. The van der Waals surface area contributed by atoms with Crippen molar-refractivity contribution >= 4 is 5.84 Å². The van der Waals surface area contributed by atoms with Crippen molar-refractivity contribution < 1.29 is 18.2 Å². The number of hydrogen-bond acceptors (Lipinski definition) is 6. The summed E-state index contributed by atoms with van der Waals surface area (Å²) in [6, 6.07) is 7.28. The second-order valence-corrected chi connectivity index (χ2v) is 4.28. The molecule has 3 rings (SSSR count). The Kier molecular flexibility index (Phi) is 3.82. The Morgan fingerprint density at radius 1 is 1.27 bits per heavy atom. The number of furan rings is 1. The molecule has 0 aliphatic heterocycles. The average Bonchev–Trinajstić information content (AvgIpc) is 3.19. The van der Waals surface area contributed by atoms with Crippen molar-refractivity contribution in [2.24, 2.45) is 10.9 Å². The lowest BCUT2D eigenvalue weighted by atomic mass is 10.2. The second-order valence-electron chi connectivity index (χ2n) is 4.28. The van der Waals surface area contributed by atoms with Crippen molar-refractivity contribution in [2.45, 2.75) is 6.61 Å². The minimum absolute atomic E-state index is 0.0350. The van der Waals surface area contributed by atoms with Crippen LogP contribution in [0.1, 0.15) is 11.5 Å². The molecule has 0 atom stereocenters. The first kappa shape index (κ1) is 13.8. The number of hydrogen-bond donors (Lipinski definition) is 1. The predicted octanol–water partition coefficient (Wildman–Crippen LogP) is 2.31. The first-order valence-corrected chi connectivity index (χ1v) is 6.29. The predicted molar refractivity (Wildman–Crippen MR) is 73.9 cm³/mol. The van der Waals surface area contributed by atoms with Crippen LogP contribution in [0.25, 0.3) is 11.4 Å². The molecule has 0 spiro atoms. The molecule has 2 N–H and O–H groups in total. The van der Waals surface area contributed by atoms with Crippen molar-refractivity contribution in [3.05, 3.63) is 60.1 Å². The zero-order valence-electron chi connectivity index (χ0n) is 11.3. The Morgan fingerprint density at radius 2 is 2.09 bits per heavy atom. The summed E-state index contributed by atoms with van der Waals surface area (Å²) >= 11 is 0. The van der Waals surface area contributed by atoms with Gasteiger partial charge < -0.3 is 19.5 Å². The van der Waals surface area contributed by atoms with E-state index in [1.807, 2.05) is 0 Å². The Bertz CT molecular complexity index is 766. The maximum atomic E-state index is 12.8. The molecule has 3 aromatic rings. The van der Waals surface area contributed by atoms with Gasteiger partial charge >= 0.3 is 0 Å². The maximum Gasteiger partial charge on any atom is 0.267 e. The van der Waals surface area contributed by atoms with Gasteiger partial charge in [-0.1, -0.05) is 10.3 Å². The lowest BCUT2D eigenvalue weighted by Gasteiger charge is -2.00. The highest BCUT2D eigenvalue weighted by Gasteiger charge is 2.10. The van der Waals surface area contributed by atoms with Crippen LogP contribution in [0.3, 0.4) is 0 Å². The van der Waals surface area contributed by atoms with Crippen molar-refractivity contribution in [1.82, 2.24) is 10.1 Å². The zero-order chi connectivity index (χ0) is 15.4. The quantitative estimate of drug-likeness (QED) is 0.441. The van der Waals surface area contributed by atoms with E-state index in [4.69, 9.17) is 19.5 Å². The Balaban J connectivity index is 1.61.